The maximum absolute atomic E-state index is 13.9. The molecule has 4 rings (SSSR count). The van der Waals surface area contributed by atoms with Crippen LogP contribution in [0.5, 0.6) is 5.75 Å². The van der Waals surface area contributed by atoms with Crippen LogP contribution in [-0.2, 0) is 12.7 Å². The number of pyridine rings is 1. The Morgan fingerprint density at radius 3 is 2.49 bits per heavy atom. The van der Waals surface area contributed by atoms with E-state index in [0.29, 0.717) is 34.8 Å². The molecule has 11 heteroatoms. The third-order valence-electron chi connectivity index (χ3n) is 6.51. The summed E-state index contributed by atoms with van der Waals surface area (Å²) >= 11 is 0. The van der Waals surface area contributed by atoms with E-state index in [1.807, 2.05) is 27.7 Å². The van der Waals surface area contributed by atoms with E-state index < -0.39 is 17.6 Å². The second-order valence-corrected chi connectivity index (χ2v) is 11.1. The van der Waals surface area contributed by atoms with Gasteiger partial charge in [-0.05, 0) is 66.3 Å². The third-order valence-corrected chi connectivity index (χ3v) is 6.51. The van der Waals surface area contributed by atoms with Crippen LogP contribution >= 0.6 is 0 Å². The Kier molecular flexibility index (Phi) is 8.48. The molecule has 0 atom stereocenters. The Bertz CT molecular complexity index is 1560. The number of halogens is 3. The normalized spacial score (nSPS) is 11.9. The Morgan fingerprint density at radius 2 is 1.80 bits per heavy atom. The molecule has 1 amide bonds. The SMILES string of the molecule is COc1cncc(-c2cn(-c3cc(C(=O)Nc4cc(CNCC(C)(C)C)c(C)c(C(F)(F)F)c4)ccc3C)nn2)c1. The van der Waals surface area contributed by atoms with Gasteiger partial charge >= 0.3 is 6.18 Å². The molecule has 0 radical (unpaired) electrons. The number of amides is 1. The standard InChI is InChI=1S/C30H33F3N6O2/c1-18-7-8-20(11-27(18)39-16-26(37-38-39)22-10-24(41-6)15-34-14-22)28(40)36-23-9-21(13-35-17-29(3,4)5)19(2)25(12-23)30(31,32)33/h7-12,14-16,35H,13,17H2,1-6H3,(H,36,40). The van der Waals surface area contributed by atoms with Crippen LogP contribution in [-0.4, -0.2) is 39.5 Å². The monoisotopic (exact) mass is 566 g/mol. The summed E-state index contributed by atoms with van der Waals surface area (Å²) in [6.45, 7) is 10.3. The Hall–Kier alpha value is -4.25. The predicted molar refractivity (Wildman–Crippen MR) is 151 cm³/mol. The summed E-state index contributed by atoms with van der Waals surface area (Å²) in [5, 5.41) is 14.3. The number of rotatable bonds is 8. The lowest BCUT2D eigenvalue weighted by Crippen LogP contribution is -2.27. The molecule has 0 saturated carbocycles. The zero-order valence-corrected chi connectivity index (χ0v) is 23.8. The Morgan fingerprint density at radius 1 is 1.05 bits per heavy atom. The highest BCUT2D eigenvalue weighted by atomic mass is 19.4. The van der Waals surface area contributed by atoms with E-state index >= 15 is 0 Å². The number of aromatic nitrogens is 4. The first-order valence-electron chi connectivity index (χ1n) is 13.0. The third kappa shape index (κ3) is 7.29. The minimum absolute atomic E-state index is 0.0363. The van der Waals surface area contributed by atoms with Gasteiger partial charge in [0, 0.05) is 36.1 Å². The molecule has 0 unspecified atom stereocenters. The molecule has 0 fully saturated rings. The molecule has 2 N–H and O–H groups in total. The van der Waals surface area contributed by atoms with Crippen molar-refractivity contribution in [2.45, 2.75) is 47.3 Å². The molecule has 0 saturated heterocycles. The number of ether oxygens (including phenoxy) is 1. The van der Waals surface area contributed by atoms with Crippen LogP contribution in [0.3, 0.4) is 0 Å². The van der Waals surface area contributed by atoms with Crippen LogP contribution in [0, 0.1) is 19.3 Å². The van der Waals surface area contributed by atoms with Crippen molar-refractivity contribution in [1.29, 1.82) is 0 Å². The van der Waals surface area contributed by atoms with Crippen molar-refractivity contribution in [3.8, 4) is 22.7 Å². The van der Waals surface area contributed by atoms with Gasteiger partial charge in [0.1, 0.15) is 11.4 Å². The van der Waals surface area contributed by atoms with Gasteiger partial charge in [0.25, 0.3) is 5.91 Å². The topological polar surface area (TPSA) is 94.0 Å². The number of methoxy groups -OCH3 is 1. The first-order valence-corrected chi connectivity index (χ1v) is 13.0. The zero-order valence-electron chi connectivity index (χ0n) is 23.8. The van der Waals surface area contributed by atoms with Crippen molar-refractivity contribution in [2.24, 2.45) is 5.41 Å². The Labute approximate surface area is 237 Å². The molecule has 0 bridgehead atoms. The maximum atomic E-state index is 13.9. The lowest BCUT2D eigenvalue weighted by Gasteiger charge is -2.21. The fraction of sp³-hybridized carbons (Fsp3) is 0.333. The average Bonchev–Trinajstić information content (AvgIpc) is 3.39. The molecule has 8 nitrogen and oxygen atoms in total. The molecule has 2 heterocycles. The van der Waals surface area contributed by atoms with Gasteiger partial charge in [-0.15, -0.1) is 5.10 Å². The fourth-order valence-electron chi connectivity index (χ4n) is 4.28. The van der Waals surface area contributed by atoms with Crippen molar-refractivity contribution in [1.82, 2.24) is 25.3 Å². The predicted octanol–water partition coefficient (Wildman–Crippen LogP) is 6.36. The molecule has 41 heavy (non-hydrogen) atoms. The summed E-state index contributed by atoms with van der Waals surface area (Å²) in [5.41, 5.74) is 2.77. The second-order valence-electron chi connectivity index (χ2n) is 11.1. The molecule has 0 aliphatic rings. The number of benzene rings is 2. The van der Waals surface area contributed by atoms with Crippen molar-refractivity contribution < 1.29 is 22.7 Å². The first kappa shape index (κ1) is 29.7. The number of carbonyl (C=O) groups is 1. The summed E-state index contributed by atoms with van der Waals surface area (Å²) in [7, 11) is 1.54. The van der Waals surface area contributed by atoms with Gasteiger partial charge in [-0.2, -0.15) is 13.2 Å². The smallest absolute Gasteiger partial charge is 0.416 e. The second kappa shape index (κ2) is 11.7. The van der Waals surface area contributed by atoms with Crippen LogP contribution in [0.25, 0.3) is 16.9 Å². The van der Waals surface area contributed by atoms with E-state index in [0.717, 1.165) is 11.6 Å². The summed E-state index contributed by atoms with van der Waals surface area (Å²) < 4.78 is 48.4. The molecular formula is C30H33F3N6O2. The molecule has 4 aromatic rings. The number of hydrogen-bond donors (Lipinski definition) is 2. The number of nitrogens with one attached hydrogen (secondary N) is 2. The van der Waals surface area contributed by atoms with Gasteiger partial charge in [0.05, 0.1) is 30.8 Å². The van der Waals surface area contributed by atoms with Crippen LogP contribution < -0.4 is 15.4 Å². The molecule has 216 valence electrons. The van der Waals surface area contributed by atoms with E-state index in [1.54, 1.807) is 56.0 Å². The quantitative estimate of drug-likeness (QED) is 0.258. The van der Waals surface area contributed by atoms with Gasteiger partial charge in [-0.25, -0.2) is 4.68 Å². The highest BCUT2D eigenvalue weighted by Crippen LogP contribution is 2.35. The van der Waals surface area contributed by atoms with Crippen molar-refractivity contribution in [3.05, 3.63) is 82.8 Å². The number of nitrogens with zero attached hydrogens (tertiary/aromatic N) is 4. The highest BCUT2D eigenvalue weighted by Gasteiger charge is 2.34. The van der Waals surface area contributed by atoms with Gasteiger partial charge in [-0.1, -0.05) is 32.1 Å². The van der Waals surface area contributed by atoms with Crippen LogP contribution in [0.4, 0.5) is 18.9 Å². The molecule has 0 spiro atoms. The minimum atomic E-state index is -4.57. The van der Waals surface area contributed by atoms with Crippen LogP contribution in [0.2, 0.25) is 0 Å². The molecular weight excluding hydrogens is 533 g/mol. The van der Waals surface area contributed by atoms with Crippen LogP contribution in [0.15, 0.2) is 55.0 Å². The molecule has 2 aromatic heterocycles. The van der Waals surface area contributed by atoms with Crippen molar-refractivity contribution in [3.63, 3.8) is 0 Å². The van der Waals surface area contributed by atoms with Gasteiger partial charge in [0.2, 0.25) is 0 Å². The number of hydrogen-bond acceptors (Lipinski definition) is 6. The largest absolute Gasteiger partial charge is 0.495 e. The molecule has 0 aliphatic carbocycles. The zero-order chi connectivity index (χ0) is 29.9. The number of carbonyl (C=O) groups excluding carboxylic acids is 1. The first-order chi connectivity index (χ1) is 19.2. The summed E-state index contributed by atoms with van der Waals surface area (Å²) in [5.74, 6) is 0.0268. The van der Waals surface area contributed by atoms with E-state index in [9.17, 15) is 18.0 Å². The Balaban J connectivity index is 1.61. The summed E-state index contributed by atoms with van der Waals surface area (Å²) in [6, 6.07) is 9.32. The van der Waals surface area contributed by atoms with E-state index in [2.05, 4.69) is 25.9 Å². The fourth-order valence-corrected chi connectivity index (χ4v) is 4.28. The van der Waals surface area contributed by atoms with E-state index in [-0.39, 0.29) is 28.8 Å². The summed E-state index contributed by atoms with van der Waals surface area (Å²) in [6.07, 6.45) is 0.352. The number of aryl methyl sites for hydroxylation is 1. The molecule has 2 aromatic carbocycles. The van der Waals surface area contributed by atoms with Gasteiger partial charge in [0.15, 0.2) is 0 Å². The van der Waals surface area contributed by atoms with Crippen molar-refractivity contribution >= 4 is 11.6 Å². The molecule has 0 aliphatic heterocycles. The number of alkyl halides is 3. The van der Waals surface area contributed by atoms with Crippen LogP contribution in [0.1, 0.15) is 53.4 Å². The number of anilines is 1. The van der Waals surface area contributed by atoms with Gasteiger partial charge < -0.3 is 15.4 Å². The summed E-state index contributed by atoms with van der Waals surface area (Å²) in [4.78, 5) is 17.4. The lowest BCUT2D eigenvalue weighted by molar-refractivity contribution is -0.138. The highest BCUT2D eigenvalue weighted by molar-refractivity contribution is 6.04. The van der Waals surface area contributed by atoms with Crippen molar-refractivity contribution in [2.75, 3.05) is 19.0 Å². The maximum Gasteiger partial charge on any atom is 0.416 e. The van der Waals surface area contributed by atoms with E-state index in [1.165, 1.54) is 11.6 Å². The lowest BCUT2D eigenvalue weighted by atomic mass is 9.96. The van der Waals surface area contributed by atoms with E-state index in [4.69, 9.17) is 4.74 Å². The minimum Gasteiger partial charge on any atom is -0.495 e. The van der Waals surface area contributed by atoms with Gasteiger partial charge in [-0.3, -0.25) is 9.78 Å². The average molecular weight is 567 g/mol.